The van der Waals surface area contributed by atoms with Crippen molar-refractivity contribution in [1.82, 2.24) is 0 Å². The summed E-state index contributed by atoms with van der Waals surface area (Å²) in [5.74, 6) is -0.791. The minimum atomic E-state index is -2.06. The van der Waals surface area contributed by atoms with E-state index in [0.717, 1.165) is 0 Å². The molecule has 3 rings (SSSR count). The minimum Gasteiger partial charge on any atom is -0.496 e. The summed E-state index contributed by atoms with van der Waals surface area (Å²) in [6, 6.07) is 9.50. The molecular formula is C17H13Cl2NO4. The zero-order valence-electron chi connectivity index (χ0n) is 12.6. The minimum absolute atomic E-state index is 0.117. The third-order valence-corrected chi connectivity index (χ3v) is 4.43. The Bertz CT molecular complexity index is 852. The summed E-state index contributed by atoms with van der Waals surface area (Å²) in [5, 5.41) is 13.8. The number of rotatable bonds is 4. The van der Waals surface area contributed by atoms with Crippen LogP contribution in [0.25, 0.3) is 0 Å². The smallest absolute Gasteiger partial charge is 0.261 e. The molecular weight excluding hydrogens is 353 g/mol. The van der Waals surface area contributed by atoms with Gasteiger partial charge in [-0.25, -0.2) is 0 Å². The number of amides is 1. The largest absolute Gasteiger partial charge is 0.496 e. The molecule has 1 heterocycles. The molecule has 1 aliphatic heterocycles. The van der Waals surface area contributed by atoms with Crippen molar-refractivity contribution in [2.75, 3.05) is 12.4 Å². The summed E-state index contributed by atoms with van der Waals surface area (Å²) < 4.78 is 5.15. The Labute approximate surface area is 148 Å². The van der Waals surface area contributed by atoms with Gasteiger partial charge in [-0.3, -0.25) is 9.59 Å². The lowest BCUT2D eigenvalue weighted by Crippen LogP contribution is -2.36. The summed E-state index contributed by atoms with van der Waals surface area (Å²) in [6.45, 7) is 0. The molecule has 0 saturated heterocycles. The maximum absolute atomic E-state index is 12.6. The Morgan fingerprint density at radius 3 is 2.71 bits per heavy atom. The molecule has 0 aliphatic carbocycles. The molecule has 0 bridgehead atoms. The van der Waals surface area contributed by atoms with Crippen LogP contribution in [0.2, 0.25) is 10.0 Å². The van der Waals surface area contributed by atoms with Gasteiger partial charge >= 0.3 is 0 Å². The molecule has 2 aromatic carbocycles. The highest BCUT2D eigenvalue weighted by atomic mass is 35.5. The van der Waals surface area contributed by atoms with E-state index in [0.29, 0.717) is 16.5 Å². The van der Waals surface area contributed by atoms with Crippen molar-refractivity contribution in [3.05, 3.63) is 57.6 Å². The van der Waals surface area contributed by atoms with Crippen molar-refractivity contribution in [3.63, 3.8) is 0 Å². The molecule has 24 heavy (non-hydrogen) atoms. The Balaban J connectivity index is 2.01. The third-order valence-electron chi connectivity index (χ3n) is 3.92. The van der Waals surface area contributed by atoms with E-state index in [1.54, 1.807) is 24.3 Å². The van der Waals surface area contributed by atoms with Crippen molar-refractivity contribution in [1.29, 1.82) is 0 Å². The quantitative estimate of drug-likeness (QED) is 0.814. The molecule has 0 saturated carbocycles. The van der Waals surface area contributed by atoms with Crippen LogP contribution in [0.1, 0.15) is 22.3 Å². The topological polar surface area (TPSA) is 75.6 Å². The van der Waals surface area contributed by atoms with Crippen molar-refractivity contribution in [3.8, 4) is 5.75 Å². The lowest BCUT2D eigenvalue weighted by molar-refractivity contribution is -0.133. The van der Waals surface area contributed by atoms with Crippen LogP contribution in [-0.4, -0.2) is 23.9 Å². The number of nitrogens with one attached hydrogen (secondary N) is 1. The molecule has 5 nitrogen and oxygen atoms in total. The van der Waals surface area contributed by atoms with Crippen LogP contribution in [0.4, 0.5) is 5.69 Å². The van der Waals surface area contributed by atoms with Crippen LogP contribution < -0.4 is 10.1 Å². The predicted octanol–water partition coefficient (Wildman–Crippen LogP) is 3.41. The first-order chi connectivity index (χ1) is 11.4. The zero-order chi connectivity index (χ0) is 17.5. The fraction of sp³-hybridized carbons (Fsp3) is 0.176. The molecule has 1 atom stereocenters. The molecule has 0 radical (unpaired) electrons. The number of hydrogen-bond acceptors (Lipinski definition) is 4. The summed E-state index contributed by atoms with van der Waals surface area (Å²) in [4.78, 5) is 24.9. The van der Waals surface area contributed by atoms with E-state index in [9.17, 15) is 14.7 Å². The molecule has 7 heteroatoms. The van der Waals surface area contributed by atoms with Crippen LogP contribution in [0.3, 0.4) is 0 Å². The first kappa shape index (κ1) is 16.8. The normalized spacial score (nSPS) is 18.9. The van der Waals surface area contributed by atoms with Gasteiger partial charge in [0.05, 0.1) is 29.8 Å². The van der Waals surface area contributed by atoms with Crippen molar-refractivity contribution < 1.29 is 19.4 Å². The molecule has 0 unspecified atom stereocenters. The average molecular weight is 366 g/mol. The number of halogens is 2. The van der Waals surface area contributed by atoms with Gasteiger partial charge in [0.15, 0.2) is 11.4 Å². The van der Waals surface area contributed by atoms with Crippen LogP contribution in [0.5, 0.6) is 5.75 Å². The number of benzene rings is 2. The number of anilines is 1. The Hall–Kier alpha value is -2.08. The number of ketones is 1. The second-order valence-corrected chi connectivity index (χ2v) is 6.27. The van der Waals surface area contributed by atoms with Gasteiger partial charge in [-0.1, -0.05) is 35.3 Å². The van der Waals surface area contributed by atoms with Crippen molar-refractivity contribution in [2.24, 2.45) is 0 Å². The van der Waals surface area contributed by atoms with E-state index in [4.69, 9.17) is 27.9 Å². The van der Waals surface area contributed by atoms with E-state index >= 15 is 0 Å². The van der Waals surface area contributed by atoms with Crippen LogP contribution >= 0.6 is 23.2 Å². The van der Waals surface area contributed by atoms with E-state index < -0.39 is 23.7 Å². The zero-order valence-corrected chi connectivity index (χ0v) is 14.1. The fourth-order valence-corrected chi connectivity index (χ4v) is 3.45. The predicted molar refractivity (Wildman–Crippen MR) is 90.9 cm³/mol. The Kier molecular flexibility index (Phi) is 4.25. The van der Waals surface area contributed by atoms with E-state index in [-0.39, 0.29) is 16.1 Å². The lowest BCUT2D eigenvalue weighted by Gasteiger charge is -2.21. The van der Waals surface area contributed by atoms with Gasteiger partial charge in [0.1, 0.15) is 5.75 Å². The number of para-hydroxylation sites is 1. The SMILES string of the molecule is COc1ccccc1C(=O)C[C@@]1(O)C(=O)Nc2cc(Cl)cc(Cl)c21. The van der Waals surface area contributed by atoms with Gasteiger partial charge in [-0.2, -0.15) is 0 Å². The highest BCUT2D eigenvalue weighted by Gasteiger charge is 2.48. The third kappa shape index (κ3) is 2.65. The monoisotopic (exact) mass is 365 g/mol. The van der Waals surface area contributed by atoms with Gasteiger partial charge in [-0.15, -0.1) is 0 Å². The number of fused-ring (bicyclic) bond motifs is 1. The summed E-state index contributed by atoms with van der Waals surface area (Å²) in [7, 11) is 1.44. The second-order valence-electron chi connectivity index (χ2n) is 5.42. The number of Topliss-reactive ketones (excluding diaryl/α,β-unsaturated/α-hetero) is 1. The fourth-order valence-electron chi connectivity index (χ4n) is 2.80. The average Bonchev–Trinajstić information content (AvgIpc) is 2.77. The van der Waals surface area contributed by atoms with Gasteiger partial charge in [0.25, 0.3) is 5.91 Å². The number of aliphatic hydroxyl groups is 1. The van der Waals surface area contributed by atoms with Gasteiger partial charge in [0.2, 0.25) is 0 Å². The van der Waals surface area contributed by atoms with Crippen molar-refractivity contribution in [2.45, 2.75) is 12.0 Å². The van der Waals surface area contributed by atoms with Crippen LogP contribution in [0, 0.1) is 0 Å². The highest BCUT2D eigenvalue weighted by molar-refractivity contribution is 6.36. The van der Waals surface area contributed by atoms with Gasteiger partial charge < -0.3 is 15.2 Å². The number of carbonyl (C=O) groups is 2. The molecule has 1 amide bonds. The highest BCUT2D eigenvalue weighted by Crippen LogP contribution is 2.45. The molecule has 124 valence electrons. The first-order valence-corrected chi connectivity index (χ1v) is 7.82. The molecule has 0 aromatic heterocycles. The van der Waals surface area contributed by atoms with Crippen LogP contribution in [0.15, 0.2) is 36.4 Å². The number of carbonyl (C=O) groups excluding carboxylic acids is 2. The van der Waals surface area contributed by atoms with Crippen molar-refractivity contribution >= 4 is 40.6 Å². The Morgan fingerprint density at radius 1 is 1.29 bits per heavy atom. The molecule has 1 aliphatic rings. The van der Waals surface area contributed by atoms with Gasteiger partial charge in [-0.05, 0) is 24.3 Å². The summed E-state index contributed by atoms with van der Waals surface area (Å²) in [5.41, 5.74) is -1.33. The lowest BCUT2D eigenvalue weighted by atomic mass is 9.88. The molecule has 0 spiro atoms. The standard InChI is InChI=1S/C17H13Cl2NO4/c1-24-14-5-3-2-4-10(14)13(21)8-17(23)15-11(19)6-9(18)7-12(15)20-16(17)22/h2-7,23H,8H2,1H3,(H,20,22)/t17-/m0/s1. The molecule has 2 aromatic rings. The van der Waals surface area contributed by atoms with E-state index in [2.05, 4.69) is 5.32 Å². The van der Waals surface area contributed by atoms with Crippen LogP contribution in [-0.2, 0) is 10.4 Å². The van der Waals surface area contributed by atoms with E-state index in [1.165, 1.54) is 19.2 Å². The second kappa shape index (κ2) is 6.09. The first-order valence-electron chi connectivity index (χ1n) is 7.06. The maximum Gasteiger partial charge on any atom is 0.261 e. The maximum atomic E-state index is 12.6. The number of ether oxygens (including phenoxy) is 1. The van der Waals surface area contributed by atoms with Gasteiger partial charge in [0, 0.05) is 10.6 Å². The molecule has 2 N–H and O–H groups in total. The number of hydrogen-bond donors (Lipinski definition) is 2. The van der Waals surface area contributed by atoms with E-state index in [1.807, 2.05) is 0 Å². The molecule has 0 fully saturated rings. The summed E-state index contributed by atoms with van der Waals surface area (Å²) >= 11 is 12.0. The summed E-state index contributed by atoms with van der Waals surface area (Å²) in [6.07, 6.45) is -0.465. The number of methoxy groups -OCH3 is 1. The Morgan fingerprint density at radius 2 is 2.00 bits per heavy atom.